The van der Waals surface area contributed by atoms with E-state index < -0.39 is 24.1 Å². The van der Waals surface area contributed by atoms with Crippen molar-refractivity contribution in [3.63, 3.8) is 0 Å². The van der Waals surface area contributed by atoms with Gasteiger partial charge in [0.05, 0.1) is 7.11 Å². The minimum Gasteiger partial charge on any atom is -0.459 e. The molecule has 1 aliphatic heterocycles. The van der Waals surface area contributed by atoms with E-state index >= 15 is 0 Å². The summed E-state index contributed by atoms with van der Waals surface area (Å²) in [5, 5.41) is 2.65. The summed E-state index contributed by atoms with van der Waals surface area (Å²) in [4.78, 5) is 39.7. The average molecular weight is 419 g/mol. The van der Waals surface area contributed by atoms with Crippen molar-refractivity contribution in [1.82, 2.24) is 10.2 Å². The van der Waals surface area contributed by atoms with Crippen LogP contribution >= 0.6 is 0 Å². The molecular weight excluding hydrogens is 384 g/mol. The van der Waals surface area contributed by atoms with Crippen LogP contribution in [0.2, 0.25) is 0 Å². The summed E-state index contributed by atoms with van der Waals surface area (Å²) in [6.45, 7) is 6.62. The van der Waals surface area contributed by atoms with Gasteiger partial charge in [-0.05, 0) is 30.2 Å². The maximum Gasteiger partial charge on any atom is 0.407 e. The number of nitrogens with one attached hydrogen (secondary N) is 1. The van der Waals surface area contributed by atoms with Gasteiger partial charge in [0.1, 0.15) is 18.7 Å². The molecule has 0 saturated carbocycles. The van der Waals surface area contributed by atoms with E-state index in [1.807, 2.05) is 44.2 Å². The van der Waals surface area contributed by atoms with Gasteiger partial charge < -0.3 is 19.7 Å². The first-order valence-electron chi connectivity index (χ1n) is 10.8. The quantitative estimate of drug-likeness (QED) is 0.620. The number of likely N-dealkylation sites (tertiary alicyclic amines) is 1. The standard InChI is InChI=1S/C23H34N2O5/c1-5-10-18-13-19(22(27)30-15-17-11-8-7-9-12-17)25(14-18)21(26)20(16(3)6-2)24-23(28)29-4/h7-9,11-12,16,18-20H,5-6,10,13-15H2,1-4H3,(H,24,28). The summed E-state index contributed by atoms with van der Waals surface area (Å²) in [6, 6.07) is 8.09. The normalized spacial score (nSPS) is 20.3. The highest BCUT2D eigenvalue weighted by Gasteiger charge is 2.43. The second-order valence-corrected chi connectivity index (χ2v) is 7.99. The first-order chi connectivity index (χ1) is 14.4. The maximum atomic E-state index is 13.4. The van der Waals surface area contributed by atoms with E-state index in [2.05, 4.69) is 12.2 Å². The Morgan fingerprint density at radius 3 is 2.50 bits per heavy atom. The molecule has 4 unspecified atom stereocenters. The van der Waals surface area contributed by atoms with Gasteiger partial charge in [-0.25, -0.2) is 9.59 Å². The van der Waals surface area contributed by atoms with Gasteiger partial charge in [-0.2, -0.15) is 0 Å². The molecule has 166 valence electrons. The molecule has 7 nitrogen and oxygen atoms in total. The number of esters is 1. The highest BCUT2D eigenvalue weighted by Crippen LogP contribution is 2.29. The van der Waals surface area contributed by atoms with E-state index in [4.69, 9.17) is 9.47 Å². The third kappa shape index (κ3) is 6.21. The minimum atomic E-state index is -0.743. The van der Waals surface area contributed by atoms with Crippen molar-refractivity contribution in [2.24, 2.45) is 11.8 Å². The summed E-state index contributed by atoms with van der Waals surface area (Å²) >= 11 is 0. The number of carbonyl (C=O) groups is 3. The van der Waals surface area contributed by atoms with Crippen molar-refractivity contribution in [1.29, 1.82) is 0 Å². The number of ether oxygens (including phenoxy) is 2. The summed E-state index contributed by atoms with van der Waals surface area (Å²) in [5.74, 6) is -0.506. The van der Waals surface area contributed by atoms with Crippen LogP contribution in [-0.4, -0.2) is 48.6 Å². The molecule has 1 N–H and O–H groups in total. The zero-order valence-corrected chi connectivity index (χ0v) is 18.4. The molecule has 1 saturated heterocycles. The van der Waals surface area contributed by atoms with Crippen molar-refractivity contribution in [3.8, 4) is 0 Å². The Balaban J connectivity index is 2.16. The zero-order valence-electron chi connectivity index (χ0n) is 18.4. The maximum absolute atomic E-state index is 13.4. The molecule has 30 heavy (non-hydrogen) atoms. The van der Waals surface area contributed by atoms with Crippen LogP contribution in [-0.2, 0) is 25.7 Å². The zero-order chi connectivity index (χ0) is 22.1. The summed E-state index contributed by atoms with van der Waals surface area (Å²) in [7, 11) is 1.27. The molecule has 2 rings (SSSR count). The number of hydrogen-bond donors (Lipinski definition) is 1. The Morgan fingerprint density at radius 2 is 1.90 bits per heavy atom. The van der Waals surface area contributed by atoms with Crippen molar-refractivity contribution in [2.75, 3.05) is 13.7 Å². The highest BCUT2D eigenvalue weighted by atomic mass is 16.5. The van der Waals surface area contributed by atoms with E-state index in [1.165, 1.54) is 7.11 Å². The summed E-state index contributed by atoms with van der Waals surface area (Å²) < 4.78 is 10.2. The van der Waals surface area contributed by atoms with Gasteiger partial charge in [0, 0.05) is 6.54 Å². The van der Waals surface area contributed by atoms with E-state index in [0.29, 0.717) is 19.4 Å². The third-order valence-electron chi connectivity index (χ3n) is 5.80. The summed E-state index contributed by atoms with van der Waals surface area (Å²) in [5.41, 5.74) is 0.900. The van der Waals surface area contributed by atoms with Gasteiger partial charge in [-0.3, -0.25) is 4.79 Å². The molecule has 7 heteroatoms. The number of carbonyl (C=O) groups excluding carboxylic acids is 3. The number of hydrogen-bond acceptors (Lipinski definition) is 5. The van der Waals surface area contributed by atoms with Gasteiger partial charge in [-0.15, -0.1) is 0 Å². The largest absolute Gasteiger partial charge is 0.459 e. The van der Waals surface area contributed by atoms with Crippen LogP contribution in [0.1, 0.15) is 52.0 Å². The average Bonchev–Trinajstić information content (AvgIpc) is 3.19. The SMILES string of the molecule is CCCC1CC(C(=O)OCc2ccccc2)N(C(=O)C(NC(=O)OC)C(C)CC)C1. The van der Waals surface area contributed by atoms with Crippen LogP contribution in [0.15, 0.2) is 30.3 Å². The number of amides is 2. The molecule has 0 radical (unpaired) electrons. The van der Waals surface area contributed by atoms with Crippen LogP contribution in [0.3, 0.4) is 0 Å². The van der Waals surface area contributed by atoms with Crippen LogP contribution in [0.25, 0.3) is 0 Å². The molecule has 0 spiro atoms. The molecule has 4 atom stereocenters. The van der Waals surface area contributed by atoms with Crippen LogP contribution in [0, 0.1) is 11.8 Å². The Morgan fingerprint density at radius 1 is 1.20 bits per heavy atom. The van der Waals surface area contributed by atoms with Crippen LogP contribution in [0.5, 0.6) is 0 Å². The first kappa shape index (κ1) is 23.7. The lowest BCUT2D eigenvalue weighted by atomic mass is 9.97. The van der Waals surface area contributed by atoms with Crippen molar-refractivity contribution >= 4 is 18.0 Å². The fourth-order valence-electron chi connectivity index (χ4n) is 3.88. The highest BCUT2D eigenvalue weighted by molar-refractivity contribution is 5.90. The van der Waals surface area contributed by atoms with Crippen molar-refractivity contribution < 1.29 is 23.9 Å². The van der Waals surface area contributed by atoms with Crippen molar-refractivity contribution in [3.05, 3.63) is 35.9 Å². The molecule has 0 bridgehead atoms. The smallest absolute Gasteiger partial charge is 0.407 e. The number of nitrogens with zero attached hydrogens (tertiary/aromatic N) is 1. The fraction of sp³-hybridized carbons (Fsp3) is 0.609. The van der Waals surface area contributed by atoms with Gasteiger partial charge in [-0.1, -0.05) is 63.9 Å². The second kappa shape index (κ2) is 11.6. The van der Waals surface area contributed by atoms with Gasteiger partial charge >= 0.3 is 12.1 Å². The number of rotatable bonds is 9. The van der Waals surface area contributed by atoms with Gasteiger partial charge in [0.2, 0.25) is 5.91 Å². The molecule has 1 aliphatic rings. The Labute approximate surface area is 179 Å². The van der Waals surface area contributed by atoms with E-state index in [1.54, 1.807) is 4.90 Å². The first-order valence-corrected chi connectivity index (χ1v) is 10.8. The summed E-state index contributed by atoms with van der Waals surface area (Å²) in [6.07, 6.45) is 2.55. The second-order valence-electron chi connectivity index (χ2n) is 7.99. The lowest BCUT2D eigenvalue weighted by Gasteiger charge is -2.30. The Bertz CT molecular complexity index is 709. The third-order valence-corrected chi connectivity index (χ3v) is 5.80. The molecule has 1 aromatic rings. The Hall–Kier alpha value is -2.57. The van der Waals surface area contributed by atoms with E-state index in [0.717, 1.165) is 18.4 Å². The molecule has 0 aromatic heterocycles. The van der Waals surface area contributed by atoms with Crippen LogP contribution < -0.4 is 5.32 Å². The molecule has 1 fully saturated rings. The van der Waals surface area contributed by atoms with Crippen LogP contribution in [0.4, 0.5) is 4.79 Å². The molecule has 2 amide bonds. The fourth-order valence-corrected chi connectivity index (χ4v) is 3.88. The predicted molar refractivity (Wildman–Crippen MR) is 114 cm³/mol. The van der Waals surface area contributed by atoms with Gasteiger partial charge in [0.15, 0.2) is 0 Å². The molecular formula is C23H34N2O5. The Kier molecular flexibility index (Phi) is 9.15. The van der Waals surface area contributed by atoms with Gasteiger partial charge in [0.25, 0.3) is 0 Å². The molecule has 0 aliphatic carbocycles. The number of alkyl carbamates (subject to hydrolysis) is 1. The van der Waals surface area contributed by atoms with E-state index in [9.17, 15) is 14.4 Å². The minimum absolute atomic E-state index is 0.0946. The molecule has 1 heterocycles. The van der Waals surface area contributed by atoms with Crippen molar-refractivity contribution in [2.45, 2.75) is 65.1 Å². The lowest BCUT2D eigenvalue weighted by Crippen LogP contribution is -2.54. The number of methoxy groups -OCH3 is 1. The topological polar surface area (TPSA) is 84.9 Å². The monoisotopic (exact) mass is 418 g/mol. The van der Waals surface area contributed by atoms with E-state index in [-0.39, 0.29) is 24.3 Å². The number of benzene rings is 1. The lowest BCUT2D eigenvalue weighted by molar-refractivity contribution is -0.155. The predicted octanol–water partition coefficient (Wildman–Crippen LogP) is 3.52. The molecule has 1 aromatic carbocycles.